The minimum absolute atomic E-state index is 0.0845. The van der Waals surface area contributed by atoms with Gasteiger partial charge in [-0.05, 0) is 25.2 Å². The molecule has 0 aromatic heterocycles. The van der Waals surface area contributed by atoms with E-state index in [1.54, 1.807) is 4.90 Å². The number of carbonyl (C=O) groups excluding carboxylic acids is 2. The third-order valence-corrected chi connectivity index (χ3v) is 11.1. The van der Waals surface area contributed by atoms with Crippen LogP contribution in [-0.4, -0.2) is 81.8 Å². The fourth-order valence-electron chi connectivity index (χ4n) is 7.71. The van der Waals surface area contributed by atoms with Gasteiger partial charge in [-0.15, -0.1) is 0 Å². The van der Waals surface area contributed by atoms with Crippen LogP contribution in [0.1, 0.15) is 214 Å². The highest BCUT2D eigenvalue weighted by Gasteiger charge is 2.48. The van der Waals surface area contributed by atoms with E-state index in [1.165, 1.54) is 135 Å². The Morgan fingerprint density at radius 1 is 0.642 bits per heavy atom. The highest BCUT2D eigenvalue weighted by molar-refractivity contribution is 5.82. The number of aliphatic hydroxyl groups excluding tert-OH is 3. The zero-order valence-corrected chi connectivity index (χ0v) is 35.1. The van der Waals surface area contributed by atoms with Crippen LogP contribution in [0.2, 0.25) is 0 Å². The number of hydrogen-bond donors (Lipinski definition) is 5. The molecule has 1 saturated heterocycles. The molecular formula is C44H87N3O6. The molecule has 9 heteroatoms. The van der Waals surface area contributed by atoms with Crippen molar-refractivity contribution in [2.75, 3.05) is 13.2 Å². The molecule has 53 heavy (non-hydrogen) atoms. The van der Waals surface area contributed by atoms with Crippen molar-refractivity contribution >= 4 is 11.8 Å². The van der Waals surface area contributed by atoms with Crippen molar-refractivity contribution in [3.63, 3.8) is 0 Å². The first kappa shape index (κ1) is 49.8. The summed E-state index contributed by atoms with van der Waals surface area (Å²) in [5, 5.41) is 34.8. The quantitative estimate of drug-likeness (QED) is 0.0406. The van der Waals surface area contributed by atoms with Crippen LogP contribution in [0.15, 0.2) is 0 Å². The van der Waals surface area contributed by atoms with Crippen molar-refractivity contribution in [3.05, 3.63) is 0 Å². The molecule has 1 fully saturated rings. The largest absolute Gasteiger partial charge is 0.394 e. The van der Waals surface area contributed by atoms with Crippen molar-refractivity contribution in [2.24, 2.45) is 11.7 Å². The third kappa shape index (κ3) is 23.4. The Labute approximate surface area is 326 Å². The third-order valence-electron chi connectivity index (χ3n) is 11.1. The van der Waals surface area contributed by atoms with Crippen LogP contribution in [0.5, 0.6) is 0 Å². The van der Waals surface area contributed by atoms with Crippen molar-refractivity contribution in [1.82, 2.24) is 10.2 Å². The van der Waals surface area contributed by atoms with Gasteiger partial charge in [0.1, 0.15) is 24.4 Å². The van der Waals surface area contributed by atoms with Gasteiger partial charge in [0.05, 0.1) is 12.6 Å². The molecule has 0 aliphatic carbocycles. The summed E-state index contributed by atoms with van der Waals surface area (Å²) < 4.78 is 6.15. The molecule has 1 heterocycles. The molecule has 2 amide bonds. The number of nitrogens with zero attached hydrogens (tertiary/aromatic N) is 1. The Kier molecular flexibility index (Phi) is 30.9. The maximum atomic E-state index is 13.9. The van der Waals surface area contributed by atoms with Gasteiger partial charge < -0.3 is 36.0 Å². The number of amides is 2. The molecule has 0 aromatic carbocycles. The van der Waals surface area contributed by atoms with E-state index in [9.17, 15) is 24.9 Å². The van der Waals surface area contributed by atoms with Gasteiger partial charge in [0.2, 0.25) is 11.8 Å². The Balaban J connectivity index is 2.72. The average Bonchev–Trinajstić information content (AvgIpc) is 3.13. The summed E-state index contributed by atoms with van der Waals surface area (Å²) in [5.41, 5.74) is 6.19. The maximum absolute atomic E-state index is 13.9. The van der Waals surface area contributed by atoms with Crippen molar-refractivity contribution in [1.29, 1.82) is 0 Å². The van der Waals surface area contributed by atoms with Gasteiger partial charge in [0.25, 0.3) is 0 Å². The summed E-state index contributed by atoms with van der Waals surface area (Å²) >= 11 is 0. The molecule has 1 aliphatic heterocycles. The minimum Gasteiger partial charge on any atom is -0.394 e. The summed E-state index contributed by atoms with van der Waals surface area (Å²) in [6, 6.07) is -1.86. The highest BCUT2D eigenvalue weighted by atomic mass is 16.5. The second-order valence-corrected chi connectivity index (χ2v) is 16.7. The zero-order valence-electron chi connectivity index (χ0n) is 35.1. The molecule has 0 saturated carbocycles. The first-order chi connectivity index (χ1) is 25.7. The van der Waals surface area contributed by atoms with Crippen LogP contribution in [-0.2, 0) is 14.3 Å². The lowest BCUT2D eigenvalue weighted by Crippen LogP contribution is -2.69. The summed E-state index contributed by atoms with van der Waals surface area (Å²) in [5.74, 6) is -0.340. The molecule has 0 aromatic rings. The second-order valence-electron chi connectivity index (χ2n) is 16.7. The smallest absolute Gasteiger partial charge is 0.237 e. The summed E-state index contributed by atoms with van der Waals surface area (Å²) in [7, 11) is 0. The van der Waals surface area contributed by atoms with E-state index in [-0.39, 0.29) is 11.8 Å². The summed E-state index contributed by atoms with van der Waals surface area (Å²) in [6.45, 7) is 8.39. The molecule has 0 spiro atoms. The first-order valence-electron chi connectivity index (χ1n) is 22.7. The Hall–Kier alpha value is -1.26. The molecule has 1 rings (SSSR count). The highest BCUT2D eigenvalue weighted by Crippen LogP contribution is 2.26. The van der Waals surface area contributed by atoms with E-state index in [0.29, 0.717) is 19.4 Å². The van der Waals surface area contributed by atoms with E-state index in [4.69, 9.17) is 10.5 Å². The summed E-state index contributed by atoms with van der Waals surface area (Å²) in [6.07, 6.45) is 29.1. The molecule has 0 radical (unpaired) electrons. The zero-order chi connectivity index (χ0) is 39.1. The first-order valence-corrected chi connectivity index (χ1v) is 22.7. The van der Waals surface area contributed by atoms with E-state index in [1.807, 2.05) is 13.8 Å². The predicted octanol–water partition coefficient (Wildman–Crippen LogP) is 9.07. The van der Waals surface area contributed by atoms with Crippen molar-refractivity contribution in [3.8, 4) is 0 Å². The topological polar surface area (TPSA) is 145 Å². The predicted molar refractivity (Wildman–Crippen MR) is 219 cm³/mol. The number of nitrogens with two attached hydrogens (primary N) is 1. The molecule has 6 atom stereocenters. The van der Waals surface area contributed by atoms with E-state index < -0.39 is 49.1 Å². The van der Waals surface area contributed by atoms with E-state index in [0.717, 1.165) is 38.5 Å². The fraction of sp³-hybridized carbons (Fsp3) is 0.955. The average molecular weight is 754 g/mol. The Morgan fingerprint density at radius 3 is 1.43 bits per heavy atom. The number of ether oxygens (including phenoxy) is 1. The van der Waals surface area contributed by atoms with Crippen LogP contribution in [0, 0.1) is 5.92 Å². The fourth-order valence-corrected chi connectivity index (χ4v) is 7.71. The lowest BCUT2D eigenvalue weighted by molar-refractivity contribution is -0.231. The van der Waals surface area contributed by atoms with Gasteiger partial charge in [-0.3, -0.25) is 9.59 Å². The number of carbonyl (C=O) groups is 2. The number of aliphatic hydroxyl groups is 3. The van der Waals surface area contributed by atoms with Crippen LogP contribution >= 0.6 is 0 Å². The van der Waals surface area contributed by atoms with Crippen LogP contribution in [0.4, 0.5) is 0 Å². The standard InChI is InChI=1S/C44H87N3O6/c1-5-7-9-11-13-15-17-19-21-23-25-27-29-31-33-47(39(49)32-30-28-26-24-22-20-18-16-14-12-10-8-6-2)44-40(42(51)41(50)38(35-48)53-44)46-43(52)37(45)34-36(3)4/h36-38,40-42,44,48,50-51H,5-35,45H2,1-4H3,(H,46,52)/t37-,38+,40+,41+,42+,44+/m0/s1. The molecule has 9 nitrogen and oxygen atoms in total. The molecular weight excluding hydrogens is 666 g/mol. The van der Waals surface area contributed by atoms with Crippen LogP contribution in [0.25, 0.3) is 0 Å². The van der Waals surface area contributed by atoms with Gasteiger partial charge in [-0.2, -0.15) is 0 Å². The second kappa shape index (κ2) is 32.9. The van der Waals surface area contributed by atoms with Gasteiger partial charge in [-0.1, -0.05) is 188 Å². The van der Waals surface area contributed by atoms with Crippen LogP contribution in [0.3, 0.4) is 0 Å². The van der Waals surface area contributed by atoms with Gasteiger partial charge >= 0.3 is 0 Å². The normalized spacial score (nSPS) is 20.9. The number of rotatable bonds is 35. The monoisotopic (exact) mass is 754 g/mol. The SMILES string of the molecule is CCCCCCCCCCCCCCCCN(C(=O)CCCCCCCCCCCCCCC)[C@@H]1O[C@H](CO)[C@@H](O)[C@H](O)[C@H]1NC(=O)[C@@H](N)CC(C)C. The number of unbranched alkanes of at least 4 members (excludes halogenated alkanes) is 25. The van der Waals surface area contributed by atoms with Crippen molar-refractivity contribution < 1.29 is 29.6 Å². The molecule has 0 bridgehead atoms. The van der Waals surface area contributed by atoms with Gasteiger partial charge in [0.15, 0.2) is 6.23 Å². The molecule has 1 aliphatic rings. The van der Waals surface area contributed by atoms with E-state index >= 15 is 0 Å². The lowest BCUT2D eigenvalue weighted by Gasteiger charge is -2.47. The molecule has 314 valence electrons. The number of nitrogens with one attached hydrogen (secondary N) is 1. The number of hydrogen-bond acceptors (Lipinski definition) is 7. The molecule has 6 N–H and O–H groups in total. The maximum Gasteiger partial charge on any atom is 0.237 e. The molecule has 0 unspecified atom stereocenters. The summed E-state index contributed by atoms with van der Waals surface area (Å²) in [4.78, 5) is 28.7. The van der Waals surface area contributed by atoms with E-state index in [2.05, 4.69) is 19.2 Å². The van der Waals surface area contributed by atoms with Gasteiger partial charge in [0, 0.05) is 13.0 Å². The minimum atomic E-state index is -1.43. The Morgan fingerprint density at radius 2 is 1.04 bits per heavy atom. The van der Waals surface area contributed by atoms with Crippen LogP contribution < -0.4 is 11.1 Å². The lowest BCUT2D eigenvalue weighted by atomic mass is 9.94. The van der Waals surface area contributed by atoms with Crippen molar-refractivity contribution in [2.45, 2.75) is 251 Å². The van der Waals surface area contributed by atoms with Gasteiger partial charge in [-0.25, -0.2) is 0 Å². The Bertz CT molecular complexity index is 876.